The van der Waals surface area contributed by atoms with Crippen LogP contribution >= 0.6 is 0 Å². The van der Waals surface area contributed by atoms with E-state index in [4.69, 9.17) is 0 Å². The zero-order chi connectivity index (χ0) is 14.9. The molecule has 1 N–H and O–H groups in total. The minimum atomic E-state index is -1.35. The van der Waals surface area contributed by atoms with Crippen LogP contribution in [0.25, 0.3) is 0 Å². The van der Waals surface area contributed by atoms with Crippen molar-refractivity contribution in [2.24, 2.45) is 0 Å². The van der Waals surface area contributed by atoms with Gasteiger partial charge in [-0.1, -0.05) is 36.4 Å². The molecule has 4 heteroatoms. The highest BCUT2D eigenvalue weighted by atomic mass is 16.3. The van der Waals surface area contributed by atoms with Gasteiger partial charge in [0.25, 0.3) is 11.8 Å². The first-order chi connectivity index (χ1) is 10.1. The van der Waals surface area contributed by atoms with Gasteiger partial charge >= 0.3 is 0 Å². The summed E-state index contributed by atoms with van der Waals surface area (Å²) in [5.41, 5.74) is -0.566. The zero-order valence-electron chi connectivity index (χ0n) is 11.4. The van der Waals surface area contributed by atoms with Crippen LogP contribution in [-0.4, -0.2) is 27.5 Å². The average Bonchev–Trinajstić information content (AvgIpc) is 3.27. The number of nitrogens with zero attached hydrogens (tertiary/aromatic N) is 1. The molecule has 21 heavy (non-hydrogen) atoms. The van der Waals surface area contributed by atoms with E-state index in [1.54, 1.807) is 60.7 Å². The third-order valence-electron chi connectivity index (χ3n) is 3.56. The van der Waals surface area contributed by atoms with E-state index < -0.39 is 17.5 Å². The summed E-state index contributed by atoms with van der Waals surface area (Å²) in [5, 5.41) is 10.3. The summed E-state index contributed by atoms with van der Waals surface area (Å²) in [5.74, 6) is -0.936. The topological polar surface area (TPSA) is 57.6 Å². The number of imide groups is 1. The first-order valence-corrected chi connectivity index (χ1v) is 6.83. The highest BCUT2D eigenvalue weighted by molar-refractivity contribution is 6.11. The van der Waals surface area contributed by atoms with Gasteiger partial charge in [-0.3, -0.25) is 9.59 Å². The lowest BCUT2D eigenvalue weighted by Crippen LogP contribution is -2.46. The molecule has 1 aliphatic carbocycles. The summed E-state index contributed by atoms with van der Waals surface area (Å²) in [6, 6.07) is 17.1. The monoisotopic (exact) mass is 281 g/mol. The van der Waals surface area contributed by atoms with Crippen molar-refractivity contribution in [3.05, 3.63) is 71.8 Å². The number of rotatable bonds is 3. The van der Waals surface area contributed by atoms with Crippen LogP contribution in [-0.2, 0) is 0 Å². The van der Waals surface area contributed by atoms with Crippen LogP contribution in [0.2, 0.25) is 0 Å². The number of carbonyl (C=O) groups is 2. The molecule has 0 bridgehead atoms. The van der Waals surface area contributed by atoms with E-state index in [9.17, 15) is 14.7 Å². The van der Waals surface area contributed by atoms with Gasteiger partial charge in [-0.05, 0) is 24.3 Å². The van der Waals surface area contributed by atoms with E-state index in [0.717, 1.165) is 4.90 Å². The lowest BCUT2D eigenvalue weighted by Gasteiger charge is -2.26. The smallest absolute Gasteiger partial charge is 0.263 e. The molecule has 0 spiro atoms. The molecule has 3 rings (SSSR count). The third kappa shape index (κ3) is 2.58. The lowest BCUT2D eigenvalue weighted by atomic mass is 10.1. The number of hydrogen-bond donors (Lipinski definition) is 1. The van der Waals surface area contributed by atoms with Crippen LogP contribution in [0.15, 0.2) is 60.7 Å². The summed E-state index contributed by atoms with van der Waals surface area (Å²) < 4.78 is 0. The molecule has 0 unspecified atom stereocenters. The molecule has 0 aromatic heterocycles. The predicted octanol–water partition coefficient (Wildman–Crippen LogP) is 2.45. The summed E-state index contributed by atoms with van der Waals surface area (Å²) in [7, 11) is 0. The normalized spacial score (nSPS) is 15.3. The second-order valence-electron chi connectivity index (χ2n) is 5.16. The van der Waals surface area contributed by atoms with Crippen LogP contribution in [0.1, 0.15) is 33.6 Å². The molecule has 0 aliphatic heterocycles. The maximum absolute atomic E-state index is 12.6. The number of carbonyl (C=O) groups excluding carboxylic acids is 2. The SMILES string of the molecule is O=C(c1ccccc1)N(C(=O)c1ccccc1)C1(O)CC1. The molecule has 1 fully saturated rings. The number of amides is 2. The fourth-order valence-electron chi connectivity index (χ4n) is 2.23. The van der Waals surface area contributed by atoms with Crippen molar-refractivity contribution in [1.29, 1.82) is 0 Å². The Balaban J connectivity index is 1.96. The Bertz CT molecular complexity index is 611. The molecule has 2 aromatic carbocycles. The summed E-state index contributed by atoms with van der Waals surface area (Å²) in [6.07, 6.45) is 0.842. The molecular formula is C17H15NO3. The third-order valence-corrected chi connectivity index (χ3v) is 3.56. The standard InChI is InChI=1S/C17H15NO3/c19-15(13-7-3-1-4-8-13)18(17(21)11-12-17)16(20)14-9-5-2-6-10-14/h1-10,21H,11-12H2. The highest BCUT2D eigenvalue weighted by Gasteiger charge is 2.52. The van der Waals surface area contributed by atoms with Crippen molar-refractivity contribution in [2.45, 2.75) is 18.6 Å². The molecule has 4 nitrogen and oxygen atoms in total. The Kier molecular flexibility index (Phi) is 3.31. The fraction of sp³-hybridized carbons (Fsp3) is 0.176. The average molecular weight is 281 g/mol. The molecule has 0 saturated heterocycles. The van der Waals surface area contributed by atoms with Gasteiger partial charge in [-0.25, -0.2) is 4.90 Å². The summed E-state index contributed by atoms with van der Waals surface area (Å²) >= 11 is 0. The molecule has 0 atom stereocenters. The minimum Gasteiger partial charge on any atom is -0.370 e. The largest absolute Gasteiger partial charge is 0.370 e. The molecule has 1 saturated carbocycles. The first kappa shape index (κ1) is 13.5. The van der Waals surface area contributed by atoms with Crippen molar-refractivity contribution in [3.63, 3.8) is 0 Å². The Morgan fingerprint density at radius 3 is 1.52 bits per heavy atom. The van der Waals surface area contributed by atoms with E-state index in [1.807, 2.05) is 0 Å². The molecule has 0 radical (unpaired) electrons. The van der Waals surface area contributed by atoms with Gasteiger partial charge in [-0.15, -0.1) is 0 Å². The first-order valence-electron chi connectivity index (χ1n) is 6.83. The van der Waals surface area contributed by atoms with Gasteiger partial charge in [0.15, 0.2) is 0 Å². The van der Waals surface area contributed by atoms with Gasteiger partial charge in [0, 0.05) is 24.0 Å². The van der Waals surface area contributed by atoms with Gasteiger partial charge in [-0.2, -0.15) is 0 Å². The van der Waals surface area contributed by atoms with Crippen molar-refractivity contribution in [3.8, 4) is 0 Å². The Labute approximate surface area is 122 Å². The molecular weight excluding hydrogens is 266 g/mol. The minimum absolute atomic E-state index is 0.391. The second kappa shape index (κ2) is 5.14. The molecule has 2 amide bonds. The number of aliphatic hydroxyl groups is 1. The van der Waals surface area contributed by atoms with Gasteiger partial charge in [0.2, 0.25) is 0 Å². The maximum Gasteiger partial charge on any atom is 0.263 e. The molecule has 0 heterocycles. The van der Waals surface area contributed by atoms with Crippen LogP contribution < -0.4 is 0 Å². The van der Waals surface area contributed by atoms with Gasteiger partial charge in [0.1, 0.15) is 5.72 Å². The van der Waals surface area contributed by atoms with E-state index in [2.05, 4.69) is 0 Å². The van der Waals surface area contributed by atoms with E-state index in [-0.39, 0.29) is 0 Å². The Hall–Kier alpha value is -2.46. The number of hydrogen-bond acceptors (Lipinski definition) is 3. The summed E-state index contributed by atoms with van der Waals surface area (Å²) in [6.45, 7) is 0. The molecule has 1 aliphatic rings. The fourth-order valence-corrected chi connectivity index (χ4v) is 2.23. The van der Waals surface area contributed by atoms with Crippen molar-refractivity contribution in [2.75, 3.05) is 0 Å². The van der Waals surface area contributed by atoms with E-state index >= 15 is 0 Å². The van der Waals surface area contributed by atoms with E-state index in [0.29, 0.717) is 24.0 Å². The predicted molar refractivity (Wildman–Crippen MR) is 77.6 cm³/mol. The Morgan fingerprint density at radius 2 is 1.19 bits per heavy atom. The van der Waals surface area contributed by atoms with Gasteiger partial charge in [0.05, 0.1) is 0 Å². The molecule has 106 valence electrons. The lowest BCUT2D eigenvalue weighted by molar-refractivity contribution is -0.00350. The van der Waals surface area contributed by atoms with Crippen LogP contribution in [0, 0.1) is 0 Å². The van der Waals surface area contributed by atoms with Crippen molar-refractivity contribution >= 4 is 11.8 Å². The van der Waals surface area contributed by atoms with Crippen LogP contribution in [0.3, 0.4) is 0 Å². The highest BCUT2D eigenvalue weighted by Crippen LogP contribution is 2.40. The quantitative estimate of drug-likeness (QED) is 0.694. The van der Waals surface area contributed by atoms with Crippen LogP contribution in [0.4, 0.5) is 0 Å². The maximum atomic E-state index is 12.6. The number of benzene rings is 2. The zero-order valence-corrected chi connectivity index (χ0v) is 11.4. The Morgan fingerprint density at radius 1 is 0.810 bits per heavy atom. The van der Waals surface area contributed by atoms with Crippen molar-refractivity contribution in [1.82, 2.24) is 4.90 Å². The van der Waals surface area contributed by atoms with Gasteiger partial charge < -0.3 is 5.11 Å². The van der Waals surface area contributed by atoms with Crippen LogP contribution in [0.5, 0.6) is 0 Å². The van der Waals surface area contributed by atoms with E-state index in [1.165, 1.54) is 0 Å². The second-order valence-corrected chi connectivity index (χ2v) is 5.16. The summed E-state index contributed by atoms with van der Waals surface area (Å²) in [4.78, 5) is 26.2. The molecule has 2 aromatic rings. The van der Waals surface area contributed by atoms with Crippen molar-refractivity contribution < 1.29 is 14.7 Å².